The third kappa shape index (κ3) is 3.46. The van der Waals surface area contributed by atoms with Gasteiger partial charge in [-0.1, -0.05) is 23.7 Å². The SMILES string of the molecule is CSc1ccccc1Oc1ccc(S(N)(=O)=O)cc1Cl. The summed E-state index contributed by atoms with van der Waals surface area (Å²) in [5, 5.41) is 5.23. The van der Waals surface area contributed by atoms with Crippen molar-refractivity contribution in [2.75, 3.05) is 6.26 Å². The number of halogens is 1. The number of sulfonamides is 1. The Morgan fingerprint density at radius 3 is 2.45 bits per heavy atom. The van der Waals surface area contributed by atoms with Crippen LogP contribution in [0.4, 0.5) is 0 Å². The van der Waals surface area contributed by atoms with E-state index in [9.17, 15) is 8.42 Å². The van der Waals surface area contributed by atoms with Crippen LogP contribution in [0.15, 0.2) is 52.3 Å². The summed E-state index contributed by atoms with van der Waals surface area (Å²) in [6.45, 7) is 0. The Morgan fingerprint density at radius 1 is 1.15 bits per heavy atom. The summed E-state index contributed by atoms with van der Waals surface area (Å²) in [7, 11) is -3.77. The van der Waals surface area contributed by atoms with Crippen LogP contribution in [0.2, 0.25) is 5.02 Å². The smallest absolute Gasteiger partial charge is 0.238 e. The molecular weight excluding hydrogens is 318 g/mol. The van der Waals surface area contributed by atoms with Crippen LogP contribution in [-0.2, 0) is 10.0 Å². The van der Waals surface area contributed by atoms with Gasteiger partial charge in [-0.25, -0.2) is 13.6 Å². The number of primary sulfonamides is 1. The van der Waals surface area contributed by atoms with E-state index in [1.807, 2.05) is 30.5 Å². The second-order valence-electron chi connectivity index (χ2n) is 3.89. The van der Waals surface area contributed by atoms with Crippen LogP contribution in [0.5, 0.6) is 11.5 Å². The van der Waals surface area contributed by atoms with Crippen LogP contribution in [0.25, 0.3) is 0 Å². The molecule has 0 spiro atoms. The van der Waals surface area contributed by atoms with Gasteiger partial charge in [-0.15, -0.1) is 11.8 Å². The molecule has 0 amide bonds. The van der Waals surface area contributed by atoms with Gasteiger partial charge in [0.1, 0.15) is 11.5 Å². The zero-order chi connectivity index (χ0) is 14.8. The number of rotatable bonds is 4. The van der Waals surface area contributed by atoms with Gasteiger partial charge in [0.05, 0.1) is 9.92 Å². The van der Waals surface area contributed by atoms with Crippen molar-refractivity contribution in [1.82, 2.24) is 0 Å². The van der Waals surface area contributed by atoms with E-state index in [2.05, 4.69) is 0 Å². The maximum atomic E-state index is 11.2. The minimum absolute atomic E-state index is 0.0481. The fraction of sp³-hybridized carbons (Fsp3) is 0.0769. The van der Waals surface area contributed by atoms with E-state index < -0.39 is 10.0 Å². The van der Waals surface area contributed by atoms with Gasteiger partial charge in [-0.3, -0.25) is 0 Å². The quantitative estimate of drug-likeness (QED) is 0.871. The van der Waals surface area contributed by atoms with Crippen LogP contribution < -0.4 is 9.88 Å². The molecule has 0 aliphatic carbocycles. The predicted octanol–water partition coefficient (Wildman–Crippen LogP) is 3.50. The molecule has 0 atom stereocenters. The number of thioether (sulfide) groups is 1. The van der Waals surface area contributed by atoms with Gasteiger partial charge in [-0.05, 0) is 36.6 Å². The maximum absolute atomic E-state index is 11.2. The van der Waals surface area contributed by atoms with Gasteiger partial charge in [0.2, 0.25) is 10.0 Å². The lowest BCUT2D eigenvalue weighted by atomic mass is 10.3. The Balaban J connectivity index is 2.35. The van der Waals surface area contributed by atoms with Crippen LogP contribution in [0, 0.1) is 0 Å². The zero-order valence-corrected chi connectivity index (χ0v) is 12.9. The van der Waals surface area contributed by atoms with Gasteiger partial charge in [0.25, 0.3) is 0 Å². The number of benzene rings is 2. The fourth-order valence-corrected chi connectivity index (χ4v) is 2.91. The van der Waals surface area contributed by atoms with E-state index in [0.29, 0.717) is 11.5 Å². The Labute approximate surface area is 126 Å². The van der Waals surface area contributed by atoms with Crippen molar-refractivity contribution >= 4 is 33.4 Å². The fourth-order valence-electron chi connectivity index (χ4n) is 1.56. The molecule has 0 aromatic heterocycles. The molecule has 2 aromatic carbocycles. The molecule has 0 radical (unpaired) electrons. The molecule has 0 heterocycles. The van der Waals surface area contributed by atoms with E-state index in [4.69, 9.17) is 21.5 Å². The van der Waals surface area contributed by atoms with Crippen LogP contribution in [-0.4, -0.2) is 14.7 Å². The first-order chi connectivity index (χ1) is 9.41. The summed E-state index contributed by atoms with van der Waals surface area (Å²) in [4.78, 5) is 0.909. The Kier molecular flexibility index (Phi) is 4.59. The molecule has 0 saturated heterocycles. The topological polar surface area (TPSA) is 69.4 Å². The normalized spacial score (nSPS) is 11.3. The molecule has 4 nitrogen and oxygen atoms in total. The first kappa shape index (κ1) is 15.2. The predicted molar refractivity (Wildman–Crippen MR) is 81.1 cm³/mol. The van der Waals surface area contributed by atoms with Gasteiger partial charge in [-0.2, -0.15) is 0 Å². The van der Waals surface area contributed by atoms with Gasteiger partial charge < -0.3 is 4.74 Å². The first-order valence-corrected chi connectivity index (χ1v) is 8.70. The largest absolute Gasteiger partial charge is 0.455 e. The van der Waals surface area contributed by atoms with E-state index >= 15 is 0 Å². The molecular formula is C13H12ClNO3S2. The molecule has 20 heavy (non-hydrogen) atoms. The van der Waals surface area contributed by atoms with Gasteiger partial charge in [0, 0.05) is 4.90 Å². The van der Waals surface area contributed by atoms with E-state index in [1.54, 1.807) is 11.8 Å². The van der Waals surface area contributed by atoms with Crippen molar-refractivity contribution in [2.45, 2.75) is 9.79 Å². The molecule has 2 rings (SSSR count). The highest BCUT2D eigenvalue weighted by Crippen LogP contribution is 2.35. The number of hydrogen-bond donors (Lipinski definition) is 1. The minimum Gasteiger partial charge on any atom is -0.455 e. The Morgan fingerprint density at radius 2 is 1.85 bits per heavy atom. The molecule has 0 saturated carbocycles. The maximum Gasteiger partial charge on any atom is 0.238 e. The first-order valence-electron chi connectivity index (χ1n) is 5.55. The lowest BCUT2D eigenvalue weighted by molar-refractivity contribution is 0.471. The molecule has 0 bridgehead atoms. The molecule has 106 valence electrons. The summed E-state index contributed by atoms with van der Waals surface area (Å²) < 4.78 is 28.2. The van der Waals surface area contributed by atoms with Gasteiger partial charge >= 0.3 is 0 Å². The molecule has 7 heteroatoms. The van der Waals surface area contributed by atoms with Crippen molar-refractivity contribution in [3.8, 4) is 11.5 Å². The van der Waals surface area contributed by atoms with E-state index in [-0.39, 0.29) is 9.92 Å². The molecule has 2 aromatic rings. The Hall–Kier alpha value is -1.21. The van der Waals surface area contributed by atoms with Crippen molar-refractivity contribution in [3.05, 3.63) is 47.5 Å². The summed E-state index contributed by atoms with van der Waals surface area (Å²) in [5.41, 5.74) is 0. The van der Waals surface area contributed by atoms with Crippen molar-refractivity contribution in [3.63, 3.8) is 0 Å². The number of para-hydroxylation sites is 1. The van der Waals surface area contributed by atoms with Crippen molar-refractivity contribution in [2.24, 2.45) is 5.14 Å². The van der Waals surface area contributed by atoms with Crippen molar-refractivity contribution in [1.29, 1.82) is 0 Å². The summed E-state index contributed by atoms with van der Waals surface area (Å²) in [6, 6.07) is 11.6. The second kappa shape index (κ2) is 6.05. The average molecular weight is 330 g/mol. The van der Waals surface area contributed by atoms with Gasteiger partial charge in [0.15, 0.2) is 0 Å². The lowest BCUT2D eigenvalue weighted by Crippen LogP contribution is -2.11. The number of hydrogen-bond acceptors (Lipinski definition) is 4. The molecule has 0 unspecified atom stereocenters. The monoisotopic (exact) mass is 329 g/mol. The third-order valence-electron chi connectivity index (χ3n) is 2.52. The van der Waals surface area contributed by atoms with E-state index in [0.717, 1.165) is 4.90 Å². The summed E-state index contributed by atoms with van der Waals surface area (Å²) in [5.74, 6) is 1.03. The number of ether oxygens (including phenoxy) is 1. The highest BCUT2D eigenvalue weighted by atomic mass is 35.5. The molecule has 0 aliphatic heterocycles. The van der Waals surface area contributed by atoms with Crippen LogP contribution >= 0.6 is 23.4 Å². The highest BCUT2D eigenvalue weighted by molar-refractivity contribution is 7.98. The third-order valence-corrected chi connectivity index (χ3v) is 4.50. The Bertz CT molecular complexity index is 732. The standard InChI is InChI=1S/C13H12ClNO3S2/c1-19-13-5-3-2-4-12(13)18-11-7-6-9(8-10(11)14)20(15,16)17/h2-8H,1H3,(H2,15,16,17). The second-order valence-corrected chi connectivity index (χ2v) is 6.71. The summed E-state index contributed by atoms with van der Waals surface area (Å²) in [6.07, 6.45) is 1.94. The molecule has 0 aliphatic rings. The van der Waals surface area contributed by atoms with Crippen LogP contribution in [0.3, 0.4) is 0 Å². The highest BCUT2D eigenvalue weighted by Gasteiger charge is 2.12. The average Bonchev–Trinajstić information content (AvgIpc) is 2.40. The van der Waals surface area contributed by atoms with Crippen LogP contribution in [0.1, 0.15) is 0 Å². The molecule has 2 N–H and O–H groups in total. The van der Waals surface area contributed by atoms with E-state index in [1.165, 1.54) is 18.2 Å². The minimum atomic E-state index is -3.77. The molecule has 0 fully saturated rings. The lowest BCUT2D eigenvalue weighted by Gasteiger charge is -2.11. The summed E-state index contributed by atoms with van der Waals surface area (Å²) >= 11 is 7.57. The number of nitrogens with two attached hydrogens (primary N) is 1. The zero-order valence-electron chi connectivity index (χ0n) is 10.5. The van der Waals surface area contributed by atoms with Crippen molar-refractivity contribution < 1.29 is 13.2 Å².